The maximum Gasteiger partial charge on any atom is 0.340 e. The molecule has 0 bridgehead atoms. The summed E-state index contributed by atoms with van der Waals surface area (Å²) in [7, 11) is 0. The van der Waals surface area contributed by atoms with E-state index in [1.165, 1.54) is 24.3 Å². The lowest BCUT2D eigenvalue weighted by atomic mass is 10.0. The molecule has 3 N–H and O–H groups in total. The summed E-state index contributed by atoms with van der Waals surface area (Å²) < 4.78 is 18.6. The van der Waals surface area contributed by atoms with Crippen molar-refractivity contribution < 1.29 is 19.0 Å². The van der Waals surface area contributed by atoms with E-state index in [1.54, 1.807) is 6.08 Å². The lowest BCUT2D eigenvalue weighted by Crippen LogP contribution is -2.08. The Hall–Kier alpha value is -2.47. The maximum atomic E-state index is 13.0. The number of hydrogen-bond donors (Lipinski definition) is 2. The van der Waals surface area contributed by atoms with Crippen LogP contribution in [0.25, 0.3) is 5.76 Å². The molecule has 0 aromatic heterocycles. The predicted octanol–water partition coefficient (Wildman–Crippen LogP) is 2.69. The Kier molecular flexibility index (Phi) is 5.06. The minimum atomic E-state index is -1.12. The molecule has 0 saturated carbocycles. The molecule has 0 unspecified atom stereocenters. The summed E-state index contributed by atoms with van der Waals surface area (Å²) in [6.07, 6.45) is 3.32. The second-order valence-electron chi connectivity index (χ2n) is 4.67. The molecule has 1 aromatic carbocycles. The van der Waals surface area contributed by atoms with Crippen LogP contribution in [0.3, 0.4) is 0 Å². The molecule has 0 saturated heterocycles. The van der Waals surface area contributed by atoms with Crippen LogP contribution >= 0.6 is 0 Å². The van der Waals surface area contributed by atoms with Crippen LogP contribution in [-0.4, -0.2) is 23.6 Å². The van der Waals surface area contributed by atoms with Gasteiger partial charge in [-0.15, -0.1) is 0 Å². The number of carboxylic acids is 1. The molecular formula is C16H17FN2O3. The van der Waals surface area contributed by atoms with Gasteiger partial charge in [-0.05, 0) is 30.7 Å². The van der Waals surface area contributed by atoms with E-state index < -0.39 is 11.8 Å². The van der Waals surface area contributed by atoms with Crippen LogP contribution in [0, 0.1) is 5.82 Å². The van der Waals surface area contributed by atoms with Crippen LogP contribution in [0.5, 0.6) is 0 Å². The molecule has 6 heteroatoms. The fraction of sp³-hybridized carbons (Fsp3) is 0.250. The van der Waals surface area contributed by atoms with E-state index in [9.17, 15) is 14.3 Å². The lowest BCUT2D eigenvalue weighted by molar-refractivity contribution is -0.132. The number of aliphatic imine (C=N–C) groups is 1. The Balaban J connectivity index is 2.56. The molecule has 0 amide bonds. The quantitative estimate of drug-likeness (QED) is 0.876. The molecule has 0 fully saturated rings. The van der Waals surface area contributed by atoms with Gasteiger partial charge < -0.3 is 15.6 Å². The highest BCUT2D eigenvalue weighted by atomic mass is 19.1. The summed E-state index contributed by atoms with van der Waals surface area (Å²) >= 11 is 0. The Labute approximate surface area is 127 Å². The third kappa shape index (κ3) is 3.23. The van der Waals surface area contributed by atoms with E-state index in [-0.39, 0.29) is 23.9 Å². The van der Waals surface area contributed by atoms with Gasteiger partial charge in [0, 0.05) is 5.56 Å². The number of aliphatic carboxylic acids is 1. The first kappa shape index (κ1) is 15.9. The number of allylic oxidation sites excluding steroid dienone is 1. The number of hydrogen-bond acceptors (Lipinski definition) is 4. The van der Waals surface area contributed by atoms with E-state index in [0.717, 1.165) is 6.42 Å². The van der Waals surface area contributed by atoms with Crippen LogP contribution < -0.4 is 5.73 Å². The van der Waals surface area contributed by atoms with Crippen molar-refractivity contribution >= 4 is 17.6 Å². The summed E-state index contributed by atoms with van der Waals surface area (Å²) in [6.45, 7) is 1.97. The maximum absolute atomic E-state index is 13.0. The van der Waals surface area contributed by atoms with Crippen molar-refractivity contribution in [1.29, 1.82) is 0 Å². The first-order valence-electron chi connectivity index (χ1n) is 6.95. The highest BCUT2D eigenvalue weighted by Crippen LogP contribution is 2.34. The van der Waals surface area contributed by atoms with Crippen molar-refractivity contribution in [3.63, 3.8) is 0 Å². The summed E-state index contributed by atoms with van der Waals surface area (Å²) in [5.74, 6) is -1.18. The number of carboxylic acid groups (broad SMARTS) is 1. The fourth-order valence-electron chi connectivity index (χ4n) is 2.13. The highest BCUT2D eigenvalue weighted by molar-refractivity contribution is 6.18. The first-order valence-corrected chi connectivity index (χ1v) is 6.95. The van der Waals surface area contributed by atoms with Crippen LogP contribution in [0.1, 0.15) is 25.3 Å². The van der Waals surface area contributed by atoms with Crippen molar-refractivity contribution in [3.8, 4) is 0 Å². The largest absolute Gasteiger partial charge is 0.478 e. The number of rotatable bonds is 5. The second-order valence-corrected chi connectivity index (χ2v) is 4.67. The monoisotopic (exact) mass is 304 g/mol. The van der Waals surface area contributed by atoms with Gasteiger partial charge in [-0.3, -0.25) is 0 Å². The van der Waals surface area contributed by atoms with Crippen molar-refractivity contribution in [1.82, 2.24) is 0 Å². The molecule has 1 aromatic rings. The Bertz CT molecular complexity index is 660. The van der Waals surface area contributed by atoms with Crippen molar-refractivity contribution in [2.24, 2.45) is 10.7 Å². The average Bonchev–Trinajstić information content (AvgIpc) is 2.85. The molecule has 0 radical (unpaired) electrons. The van der Waals surface area contributed by atoms with E-state index >= 15 is 0 Å². The lowest BCUT2D eigenvalue weighted by Gasteiger charge is -2.04. The number of carbonyl (C=O) groups is 1. The van der Waals surface area contributed by atoms with E-state index in [2.05, 4.69) is 4.99 Å². The number of ether oxygens (including phenoxy) is 1. The highest BCUT2D eigenvalue weighted by Gasteiger charge is 2.33. The van der Waals surface area contributed by atoms with Gasteiger partial charge in [-0.25, -0.2) is 14.2 Å². The van der Waals surface area contributed by atoms with Crippen molar-refractivity contribution in [3.05, 3.63) is 52.9 Å². The minimum Gasteiger partial charge on any atom is -0.478 e. The number of nitrogens with two attached hydrogens (primary N) is 1. The van der Waals surface area contributed by atoms with Gasteiger partial charge in [-0.1, -0.05) is 19.4 Å². The number of nitrogens with zero attached hydrogens (tertiary/aromatic N) is 1. The summed E-state index contributed by atoms with van der Waals surface area (Å²) in [4.78, 5) is 15.6. The van der Waals surface area contributed by atoms with Crippen LogP contribution in [0.4, 0.5) is 4.39 Å². The molecule has 0 atom stereocenters. The first-order chi connectivity index (χ1) is 10.6. The topological polar surface area (TPSA) is 84.9 Å². The molecule has 5 nitrogen and oxygen atoms in total. The molecule has 0 aliphatic carbocycles. The zero-order valence-electron chi connectivity index (χ0n) is 12.2. The molecule has 2 rings (SSSR count). The normalized spacial score (nSPS) is 18.1. The van der Waals surface area contributed by atoms with E-state index in [4.69, 9.17) is 10.5 Å². The third-order valence-corrected chi connectivity index (χ3v) is 3.12. The van der Waals surface area contributed by atoms with Gasteiger partial charge in [-0.2, -0.15) is 0 Å². The molecule has 1 aliphatic heterocycles. The molecular weight excluding hydrogens is 287 g/mol. The molecule has 22 heavy (non-hydrogen) atoms. The molecule has 116 valence electrons. The Morgan fingerprint density at radius 3 is 2.64 bits per heavy atom. The standard InChI is InChI=1S/C16H17FN2O3/c1-2-3-4-12-13(16(20)21)14(22-15(12)19-9-18)10-5-7-11(17)8-6-10/h4-8H,2-3,9,18H2,1H3,(H,20,21)/b12-4-,19-15+. The van der Waals surface area contributed by atoms with Gasteiger partial charge in [0.1, 0.15) is 11.4 Å². The van der Waals surface area contributed by atoms with Crippen LogP contribution in [0.15, 0.2) is 46.5 Å². The molecule has 1 heterocycles. The van der Waals surface area contributed by atoms with Crippen molar-refractivity contribution in [2.75, 3.05) is 6.67 Å². The predicted molar refractivity (Wildman–Crippen MR) is 81.5 cm³/mol. The van der Waals surface area contributed by atoms with Gasteiger partial charge in [0.05, 0.1) is 12.2 Å². The second kappa shape index (κ2) is 7.00. The molecule has 0 spiro atoms. The summed E-state index contributed by atoms with van der Waals surface area (Å²) in [5.41, 5.74) is 6.33. The number of benzene rings is 1. The van der Waals surface area contributed by atoms with Gasteiger partial charge >= 0.3 is 5.97 Å². The van der Waals surface area contributed by atoms with Gasteiger partial charge in [0.15, 0.2) is 5.76 Å². The van der Waals surface area contributed by atoms with Gasteiger partial charge in [0.25, 0.3) is 0 Å². The number of halogens is 1. The zero-order chi connectivity index (χ0) is 16.1. The summed E-state index contributed by atoms with van der Waals surface area (Å²) in [6, 6.07) is 5.43. The SMILES string of the molecule is CCC/C=C1/C(C(=O)O)=C(c2ccc(F)cc2)O/C1=N/CN. The Morgan fingerprint density at radius 2 is 2.09 bits per heavy atom. The van der Waals surface area contributed by atoms with Crippen LogP contribution in [0.2, 0.25) is 0 Å². The van der Waals surface area contributed by atoms with E-state index in [1.807, 2.05) is 6.92 Å². The third-order valence-electron chi connectivity index (χ3n) is 3.12. The fourth-order valence-corrected chi connectivity index (χ4v) is 2.13. The Morgan fingerprint density at radius 1 is 1.41 bits per heavy atom. The van der Waals surface area contributed by atoms with Gasteiger partial charge in [0.2, 0.25) is 5.90 Å². The average molecular weight is 304 g/mol. The summed E-state index contributed by atoms with van der Waals surface area (Å²) in [5, 5.41) is 9.52. The van der Waals surface area contributed by atoms with Crippen LogP contribution in [-0.2, 0) is 9.53 Å². The zero-order valence-corrected chi connectivity index (χ0v) is 12.2. The van der Waals surface area contributed by atoms with Crippen molar-refractivity contribution in [2.45, 2.75) is 19.8 Å². The smallest absolute Gasteiger partial charge is 0.340 e. The molecule has 1 aliphatic rings. The number of unbranched alkanes of at least 4 members (excludes halogenated alkanes) is 1. The minimum absolute atomic E-state index is 0.0115. The van der Waals surface area contributed by atoms with E-state index in [0.29, 0.717) is 17.6 Å².